The summed E-state index contributed by atoms with van der Waals surface area (Å²) in [7, 11) is 0. The summed E-state index contributed by atoms with van der Waals surface area (Å²) < 4.78 is 0. The molecule has 1 atom stereocenters. The third kappa shape index (κ3) is 3.15. The molecule has 0 amide bonds. The van der Waals surface area contributed by atoms with Crippen LogP contribution in [0.5, 0.6) is 0 Å². The van der Waals surface area contributed by atoms with Gasteiger partial charge in [-0.2, -0.15) is 0 Å². The second-order valence-electron chi connectivity index (χ2n) is 7.00. The van der Waals surface area contributed by atoms with Gasteiger partial charge >= 0.3 is 0 Å². The second-order valence-corrected chi connectivity index (χ2v) is 7.40. The Balaban J connectivity index is 1.88. The number of anilines is 1. The third-order valence-corrected chi connectivity index (χ3v) is 5.61. The van der Waals surface area contributed by atoms with Gasteiger partial charge < -0.3 is 10.0 Å². The van der Waals surface area contributed by atoms with Crippen molar-refractivity contribution in [3.05, 3.63) is 53.3 Å². The highest BCUT2D eigenvalue weighted by Gasteiger charge is 2.23. The zero-order valence-corrected chi connectivity index (χ0v) is 15.6. The number of fused-ring (bicyclic) bond motifs is 1. The first-order chi connectivity index (χ1) is 12.7. The highest BCUT2D eigenvalue weighted by molar-refractivity contribution is 6.31. The standard InChI is InChI=1S/C21H22ClN3O/c1-14-7-8-16(10-18(14)22)17-5-2-6-19-20(17)21(24-13-23-19)25-9-3-4-15(11-25)12-26/h2,5-8,10,13,15,26H,3-4,9,11-12H2,1H3. The predicted molar refractivity (Wildman–Crippen MR) is 107 cm³/mol. The molecule has 0 spiro atoms. The van der Waals surface area contributed by atoms with Gasteiger partial charge in [-0.3, -0.25) is 0 Å². The Morgan fingerprint density at radius 2 is 2.12 bits per heavy atom. The van der Waals surface area contributed by atoms with Crippen LogP contribution in [-0.2, 0) is 0 Å². The Hall–Kier alpha value is -2.17. The number of aliphatic hydroxyl groups excluding tert-OH is 1. The number of hydrogen-bond acceptors (Lipinski definition) is 4. The lowest BCUT2D eigenvalue weighted by Crippen LogP contribution is -2.37. The van der Waals surface area contributed by atoms with Crippen molar-refractivity contribution in [2.24, 2.45) is 5.92 Å². The van der Waals surface area contributed by atoms with E-state index in [1.54, 1.807) is 6.33 Å². The Morgan fingerprint density at radius 3 is 2.92 bits per heavy atom. The topological polar surface area (TPSA) is 49.2 Å². The Bertz CT molecular complexity index is 938. The molecule has 1 unspecified atom stereocenters. The fourth-order valence-electron chi connectivity index (χ4n) is 3.74. The molecule has 2 aromatic carbocycles. The van der Waals surface area contributed by atoms with E-state index in [1.807, 2.05) is 31.2 Å². The van der Waals surface area contributed by atoms with Crippen LogP contribution in [0.15, 0.2) is 42.7 Å². The van der Waals surface area contributed by atoms with Crippen molar-refractivity contribution < 1.29 is 5.11 Å². The molecule has 1 aromatic heterocycles. The van der Waals surface area contributed by atoms with Gasteiger partial charge in [0.25, 0.3) is 0 Å². The van der Waals surface area contributed by atoms with Crippen molar-refractivity contribution in [3.8, 4) is 11.1 Å². The summed E-state index contributed by atoms with van der Waals surface area (Å²) in [5.74, 6) is 1.25. The Labute approximate surface area is 158 Å². The smallest absolute Gasteiger partial charge is 0.140 e. The van der Waals surface area contributed by atoms with E-state index in [2.05, 4.69) is 27.0 Å². The van der Waals surface area contributed by atoms with Crippen molar-refractivity contribution in [2.45, 2.75) is 19.8 Å². The Kier molecular flexibility index (Phi) is 4.79. The summed E-state index contributed by atoms with van der Waals surface area (Å²) in [5, 5.41) is 11.4. The largest absolute Gasteiger partial charge is 0.396 e. The van der Waals surface area contributed by atoms with Crippen LogP contribution in [0.1, 0.15) is 18.4 Å². The number of hydrogen-bond donors (Lipinski definition) is 1. The molecule has 4 rings (SSSR count). The van der Waals surface area contributed by atoms with Crippen molar-refractivity contribution >= 4 is 28.3 Å². The number of aromatic nitrogens is 2. The van der Waals surface area contributed by atoms with E-state index in [1.165, 1.54) is 0 Å². The minimum Gasteiger partial charge on any atom is -0.396 e. The first kappa shape index (κ1) is 17.3. The number of benzene rings is 2. The van der Waals surface area contributed by atoms with Gasteiger partial charge in [0.15, 0.2) is 0 Å². The van der Waals surface area contributed by atoms with Crippen LogP contribution in [0.3, 0.4) is 0 Å². The molecule has 26 heavy (non-hydrogen) atoms. The van der Waals surface area contributed by atoms with Crippen molar-refractivity contribution in [2.75, 3.05) is 24.6 Å². The maximum Gasteiger partial charge on any atom is 0.140 e. The normalized spacial score (nSPS) is 17.7. The van der Waals surface area contributed by atoms with Crippen LogP contribution < -0.4 is 4.90 Å². The minimum atomic E-state index is 0.222. The number of aryl methyl sites for hydroxylation is 1. The van der Waals surface area contributed by atoms with Crippen LogP contribution in [0.25, 0.3) is 22.0 Å². The van der Waals surface area contributed by atoms with Gasteiger partial charge in [0, 0.05) is 24.7 Å². The second kappa shape index (κ2) is 7.22. The summed E-state index contributed by atoms with van der Waals surface area (Å²) in [6.45, 7) is 4.00. The number of rotatable bonds is 3. The van der Waals surface area contributed by atoms with Crippen molar-refractivity contribution in [1.82, 2.24) is 9.97 Å². The molecule has 0 radical (unpaired) electrons. The first-order valence-corrected chi connectivity index (χ1v) is 9.41. The van der Waals surface area contributed by atoms with Gasteiger partial charge in [0.1, 0.15) is 12.1 Å². The average molecular weight is 368 g/mol. The zero-order chi connectivity index (χ0) is 18.1. The molecular formula is C21H22ClN3O. The highest BCUT2D eigenvalue weighted by Crippen LogP contribution is 2.36. The molecule has 134 valence electrons. The van der Waals surface area contributed by atoms with Crippen molar-refractivity contribution in [1.29, 1.82) is 0 Å². The van der Waals surface area contributed by atoms with E-state index in [-0.39, 0.29) is 6.61 Å². The van der Waals surface area contributed by atoms with Gasteiger partial charge in [0.2, 0.25) is 0 Å². The SMILES string of the molecule is Cc1ccc(-c2cccc3ncnc(N4CCCC(CO)C4)c23)cc1Cl. The van der Waals surface area contributed by atoms with E-state index >= 15 is 0 Å². The molecule has 1 saturated heterocycles. The quantitative estimate of drug-likeness (QED) is 0.742. The lowest BCUT2D eigenvalue weighted by atomic mass is 9.96. The molecular weight excluding hydrogens is 346 g/mol. The predicted octanol–water partition coefficient (Wildman–Crippen LogP) is 4.47. The van der Waals surface area contributed by atoms with E-state index in [0.717, 1.165) is 64.4 Å². The van der Waals surface area contributed by atoms with Crippen LogP contribution in [0.4, 0.5) is 5.82 Å². The van der Waals surface area contributed by atoms with E-state index in [4.69, 9.17) is 11.6 Å². The van der Waals surface area contributed by atoms with Crippen LogP contribution in [0.2, 0.25) is 5.02 Å². The maximum atomic E-state index is 9.58. The maximum absolute atomic E-state index is 9.58. The zero-order valence-electron chi connectivity index (χ0n) is 14.8. The van der Waals surface area contributed by atoms with E-state index in [9.17, 15) is 5.11 Å². The Morgan fingerprint density at radius 1 is 1.23 bits per heavy atom. The van der Waals surface area contributed by atoms with Crippen LogP contribution >= 0.6 is 11.6 Å². The highest BCUT2D eigenvalue weighted by atomic mass is 35.5. The third-order valence-electron chi connectivity index (χ3n) is 5.20. The molecule has 5 heteroatoms. The lowest BCUT2D eigenvalue weighted by Gasteiger charge is -2.33. The van der Waals surface area contributed by atoms with Gasteiger partial charge in [-0.15, -0.1) is 0 Å². The molecule has 1 fully saturated rings. The summed E-state index contributed by atoms with van der Waals surface area (Å²) in [6.07, 6.45) is 3.76. The summed E-state index contributed by atoms with van der Waals surface area (Å²) >= 11 is 6.37. The summed E-state index contributed by atoms with van der Waals surface area (Å²) in [5.41, 5.74) is 4.15. The molecule has 1 aliphatic heterocycles. The number of nitrogens with zero attached hydrogens (tertiary/aromatic N) is 3. The minimum absolute atomic E-state index is 0.222. The molecule has 1 N–H and O–H groups in total. The van der Waals surface area contributed by atoms with Gasteiger partial charge in [-0.1, -0.05) is 35.9 Å². The van der Waals surface area contributed by atoms with Gasteiger partial charge in [-0.05, 0) is 54.5 Å². The number of halogens is 1. The van der Waals surface area contributed by atoms with Gasteiger partial charge in [-0.25, -0.2) is 9.97 Å². The molecule has 3 aromatic rings. The first-order valence-electron chi connectivity index (χ1n) is 9.03. The fourth-order valence-corrected chi connectivity index (χ4v) is 3.92. The van der Waals surface area contributed by atoms with Crippen LogP contribution in [-0.4, -0.2) is 34.8 Å². The molecule has 0 aliphatic carbocycles. The summed E-state index contributed by atoms with van der Waals surface area (Å²) in [4.78, 5) is 11.4. The fraction of sp³-hybridized carbons (Fsp3) is 0.333. The van der Waals surface area contributed by atoms with Crippen molar-refractivity contribution in [3.63, 3.8) is 0 Å². The molecule has 2 heterocycles. The molecule has 0 saturated carbocycles. The summed E-state index contributed by atoms with van der Waals surface area (Å²) in [6, 6.07) is 12.3. The lowest BCUT2D eigenvalue weighted by molar-refractivity contribution is 0.208. The average Bonchev–Trinajstić information content (AvgIpc) is 2.69. The molecule has 4 nitrogen and oxygen atoms in total. The monoisotopic (exact) mass is 367 g/mol. The number of aliphatic hydroxyl groups is 1. The van der Waals surface area contributed by atoms with E-state index in [0.29, 0.717) is 5.92 Å². The van der Waals surface area contributed by atoms with Crippen LogP contribution in [0, 0.1) is 12.8 Å². The van der Waals surface area contributed by atoms with E-state index < -0.39 is 0 Å². The van der Waals surface area contributed by atoms with Gasteiger partial charge in [0.05, 0.1) is 10.9 Å². The molecule has 0 bridgehead atoms. The molecule has 1 aliphatic rings. The number of piperidine rings is 1.